The number of hydrogen-bond donors (Lipinski definition) is 2. The van der Waals surface area contributed by atoms with Crippen LogP contribution in [0, 0.1) is 0 Å². The topological polar surface area (TPSA) is 102 Å². The molecule has 2 rings (SSSR count). The van der Waals surface area contributed by atoms with E-state index in [1.165, 1.54) is 38.4 Å². The zero-order chi connectivity index (χ0) is 21.7. The van der Waals surface area contributed by atoms with E-state index >= 15 is 0 Å². The summed E-state index contributed by atoms with van der Waals surface area (Å²) in [5, 5.41) is 0. The highest BCUT2D eigenvalue weighted by molar-refractivity contribution is 7.89. The Morgan fingerprint density at radius 2 is 1.03 bits per heavy atom. The minimum atomic E-state index is -3.52. The molecule has 2 atom stereocenters. The molecule has 29 heavy (non-hydrogen) atoms. The number of nitrogens with one attached hydrogen (secondary N) is 2. The highest BCUT2D eigenvalue weighted by Gasteiger charge is 2.18. The first-order valence-electron chi connectivity index (χ1n) is 8.66. The molecule has 0 radical (unpaired) electrons. The quantitative estimate of drug-likeness (QED) is 0.558. The molecule has 0 aromatic heterocycles. The molecular weight excluding hydrogens is 412 g/mol. The molecule has 9 heteroatoms. The van der Waals surface area contributed by atoms with Gasteiger partial charge in [0.1, 0.15) is 12.2 Å². The van der Waals surface area contributed by atoms with Crippen molar-refractivity contribution in [3.8, 4) is 0 Å². The molecule has 0 saturated heterocycles. The van der Waals surface area contributed by atoms with Gasteiger partial charge in [-0.05, 0) is 49.5 Å². The van der Waals surface area contributed by atoms with Crippen molar-refractivity contribution >= 4 is 20.0 Å². The van der Waals surface area contributed by atoms with Crippen LogP contribution in [0.2, 0.25) is 0 Å². The van der Waals surface area contributed by atoms with Crippen molar-refractivity contribution in [2.75, 3.05) is 14.1 Å². The largest absolute Gasteiger partial charge is 0.357 e. The molecule has 2 aromatic carbocycles. The highest BCUT2D eigenvalue weighted by Crippen LogP contribution is 2.29. The molecule has 0 saturated carbocycles. The van der Waals surface area contributed by atoms with Crippen LogP contribution < -0.4 is 9.44 Å². The Kier molecular flexibility index (Phi) is 7.50. The molecule has 0 spiro atoms. The maximum atomic E-state index is 11.9. The molecule has 7 nitrogen and oxygen atoms in total. The van der Waals surface area contributed by atoms with E-state index in [1.807, 2.05) is 0 Å². The van der Waals surface area contributed by atoms with Crippen molar-refractivity contribution in [3.63, 3.8) is 0 Å². The fourth-order valence-electron chi connectivity index (χ4n) is 2.61. The van der Waals surface area contributed by atoms with Crippen LogP contribution in [0.1, 0.15) is 23.3 Å². The smallest absolute Gasteiger partial charge is 0.240 e. The van der Waals surface area contributed by atoms with Gasteiger partial charge in [-0.15, -0.1) is 13.2 Å². The van der Waals surface area contributed by atoms with E-state index in [1.54, 1.807) is 36.4 Å². The zero-order valence-electron chi connectivity index (χ0n) is 16.2. The molecule has 0 aliphatic heterocycles. The first kappa shape index (κ1) is 23.0. The van der Waals surface area contributed by atoms with E-state index in [2.05, 4.69) is 22.6 Å². The lowest BCUT2D eigenvalue weighted by molar-refractivity contribution is 0.0402. The number of ether oxygens (including phenoxy) is 1. The number of rotatable bonds is 10. The average molecular weight is 437 g/mol. The lowest BCUT2D eigenvalue weighted by Crippen LogP contribution is -2.18. The van der Waals surface area contributed by atoms with Crippen molar-refractivity contribution in [3.05, 3.63) is 85.0 Å². The van der Waals surface area contributed by atoms with E-state index in [0.717, 1.165) is 11.1 Å². The van der Waals surface area contributed by atoms with Crippen LogP contribution in [-0.2, 0) is 24.8 Å². The Bertz CT molecular complexity index is 973. The minimum absolute atomic E-state index is 0.146. The summed E-state index contributed by atoms with van der Waals surface area (Å²) in [4.78, 5) is 0.293. The van der Waals surface area contributed by atoms with E-state index < -0.39 is 32.3 Å². The maximum absolute atomic E-state index is 11.9. The van der Waals surface area contributed by atoms with Crippen LogP contribution in [0.25, 0.3) is 0 Å². The van der Waals surface area contributed by atoms with Crippen molar-refractivity contribution in [2.45, 2.75) is 22.0 Å². The van der Waals surface area contributed by atoms with E-state index in [0.29, 0.717) is 0 Å². The van der Waals surface area contributed by atoms with Crippen molar-refractivity contribution in [1.29, 1.82) is 0 Å². The molecule has 0 aliphatic carbocycles. The molecule has 2 N–H and O–H groups in total. The lowest BCUT2D eigenvalue weighted by Gasteiger charge is -2.21. The molecule has 156 valence electrons. The van der Waals surface area contributed by atoms with Gasteiger partial charge < -0.3 is 4.74 Å². The SMILES string of the molecule is C=CC(OC(C=C)c1ccc(S(=O)(=O)NC)cc1)c1ccc(S(=O)(=O)NC)cc1. The summed E-state index contributed by atoms with van der Waals surface area (Å²) in [5.74, 6) is 0. The van der Waals surface area contributed by atoms with Gasteiger partial charge in [0.25, 0.3) is 0 Å². The Balaban J connectivity index is 2.24. The fourth-order valence-corrected chi connectivity index (χ4v) is 4.07. The summed E-state index contributed by atoms with van der Waals surface area (Å²) < 4.78 is 58.0. The predicted molar refractivity (Wildman–Crippen MR) is 112 cm³/mol. The first-order valence-corrected chi connectivity index (χ1v) is 11.6. The van der Waals surface area contributed by atoms with E-state index in [4.69, 9.17) is 4.74 Å². The van der Waals surface area contributed by atoms with Crippen molar-refractivity contribution in [1.82, 2.24) is 9.44 Å². The number of benzene rings is 2. The zero-order valence-corrected chi connectivity index (χ0v) is 17.8. The third-order valence-corrected chi connectivity index (χ3v) is 7.16. The summed E-state index contributed by atoms with van der Waals surface area (Å²) >= 11 is 0. The Hall–Kier alpha value is -2.30. The standard InChI is InChI=1S/C20H24N2O5S2/c1-5-19(15-7-11-17(12-8-15)28(23,24)21-3)27-20(6-2)16-9-13-18(14-10-16)29(25,26)22-4/h5-14,19-22H,1-2H2,3-4H3. The van der Waals surface area contributed by atoms with Crippen LogP contribution >= 0.6 is 0 Å². The van der Waals surface area contributed by atoms with Gasteiger partial charge in [-0.25, -0.2) is 26.3 Å². The Morgan fingerprint density at radius 3 is 1.28 bits per heavy atom. The fraction of sp³-hybridized carbons (Fsp3) is 0.200. The van der Waals surface area contributed by atoms with Crippen LogP contribution in [0.5, 0.6) is 0 Å². The van der Waals surface area contributed by atoms with Gasteiger partial charge in [-0.2, -0.15) is 0 Å². The molecule has 0 fully saturated rings. The van der Waals surface area contributed by atoms with Crippen LogP contribution in [0.15, 0.2) is 83.6 Å². The van der Waals surface area contributed by atoms with Gasteiger partial charge in [0.05, 0.1) is 9.79 Å². The van der Waals surface area contributed by atoms with Crippen LogP contribution in [0.4, 0.5) is 0 Å². The molecule has 2 unspecified atom stereocenters. The molecule has 0 heterocycles. The summed E-state index contributed by atoms with van der Waals surface area (Å²) in [6.07, 6.45) is 2.14. The third kappa shape index (κ3) is 5.40. The van der Waals surface area contributed by atoms with Gasteiger partial charge in [-0.3, -0.25) is 0 Å². The van der Waals surface area contributed by atoms with Crippen molar-refractivity contribution < 1.29 is 21.6 Å². The summed E-state index contributed by atoms with van der Waals surface area (Å²) in [6.45, 7) is 7.57. The first-order chi connectivity index (χ1) is 13.7. The molecule has 0 aliphatic rings. The summed E-state index contributed by atoms with van der Waals surface area (Å²) in [6, 6.07) is 12.6. The third-order valence-electron chi connectivity index (χ3n) is 4.30. The number of hydrogen-bond acceptors (Lipinski definition) is 5. The molecular formula is C20H24N2O5S2. The Labute approximate surface area is 172 Å². The second-order valence-corrected chi connectivity index (χ2v) is 9.77. The molecule has 2 aromatic rings. The predicted octanol–water partition coefficient (Wildman–Crippen LogP) is 2.67. The highest BCUT2D eigenvalue weighted by atomic mass is 32.2. The minimum Gasteiger partial charge on any atom is -0.357 e. The average Bonchev–Trinajstić information content (AvgIpc) is 2.75. The van der Waals surface area contributed by atoms with Gasteiger partial charge in [0.2, 0.25) is 20.0 Å². The van der Waals surface area contributed by atoms with Crippen molar-refractivity contribution in [2.24, 2.45) is 0 Å². The lowest BCUT2D eigenvalue weighted by atomic mass is 10.1. The summed E-state index contributed by atoms with van der Waals surface area (Å²) in [5.41, 5.74) is 1.44. The van der Waals surface area contributed by atoms with Gasteiger partial charge in [-0.1, -0.05) is 36.4 Å². The van der Waals surface area contributed by atoms with Crippen LogP contribution in [-0.4, -0.2) is 30.9 Å². The molecule has 0 bridgehead atoms. The normalized spacial score (nSPS) is 14.1. The number of sulfonamides is 2. The monoisotopic (exact) mass is 436 g/mol. The summed E-state index contributed by atoms with van der Waals surface area (Å²) in [7, 11) is -4.35. The second-order valence-electron chi connectivity index (χ2n) is 6.00. The van der Waals surface area contributed by atoms with Gasteiger partial charge in [0, 0.05) is 0 Å². The maximum Gasteiger partial charge on any atom is 0.240 e. The molecule has 0 amide bonds. The van der Waals surface area contributed by atoms with Gasteiger partial charge in [0.15, 0.2) is 0 Å². The van der Waals surface area contributed by atoms with E-state index in [9.17, 15) is 16.8 Å². The van der Waals surface area contributed by atoms with Crippen LogP contribution in [0.3, 0.4) is 0 Å². The van der Waals surface area contributed by atoms with E-state index in [-0.39, 0.29) is 9.79 Å². The Morgan fingerprint density at radius 1 is 0.724 bits per heavy atom. The van der Waals surface area contributed by atoms with Gasteiger partial charge >= 0.3 is 0 Å². The second kappa shape index (κ2) is 9.47.